The normalized spacial score (nSPS) is 18.0. The van der Waals surface area contributed by atoms with E-state index in [0.29, 0.717) is 5.92 Å². The Bertz CT molecular complexity index is 633. The molecule has 1 aromatic rings. The summed E-state index contributed by atoms with van der Waals surface area (Å²) >= 11 is 0. The van der Waals surface area contributed by atoms with Gasteiger partial charge in [0.2, 0.25) is 0 Å². The Balaban J connectivity index is 1.84. The van der Waals surface area contributed by atoms with Gasteiger partial charge < -0.3 is 25.0 Å². The molecule has 0 aliphatic carbocycles. The molecule has 0 amide bonds. The monoisotopic (exact) mass is 404 g/mol. The van der Waals surface area contributed by atoms with Crippen LogP contribution in [0.25, 0.3) is 0 Å². The van der Waals surface area contributed by atoms with Gasteiger partial charge in [-0.2, -0.15) is 0 Å². The van der Waals surface area contributed by atoms with Crippen LogP contribution in [0.2, 0.25) is 0 Å². The average molecular weight is 405 g/mol. The molecule has 1 atom stereocenters. The minimum Gasteiger partial charge on any atom is -0.493 e. The highest BCUT2D eigenvalue weighted by Crippen LogP contribution is 2.27. The molecule has 1 aromatic carbocycles. The summed E-state index contributed by atoms with van der Waals surface area (Å²) in [5.74, 6) is 3.83. The van der Waals surface area contributed by atoms with Crippen LogP contribution >= 0.6 is 0 Å². The van der Waals surface area contributed by atoms with Crippen LogP contribution in [-0.2, 0) is 6.42 Å². The molecular weight excluding hydrogens is 364 g/mol. The second-order valence-corrected chi connectivity index (χ2v) is 8.25. The largest absolute Gasteiger partial charge is 0.493 e. The molecule has 2 rings (SSSR count). The number of nitrogens with one attached hydrogen (secondary N) is 2. The Kier molecular flexibility index (Phi) is 10.1. The molecule has 1 aliphatic rings. The number of benzene rings is 1. The zero-order valence-electron chi connectivity index (χ0n) is 19.0. The van der Waals surface area contributed by atoms with Crippen LogP contribution in [0.5, 0.6) is 11.5 Å². The van der Waals surface area contributed by atoms with E-state index < -0.39 is 0 Å². The van der Waals surface area contributed by atoms with Gasteiger partial charge in [-0.3, -0.25) is 4.99 Å². The van der Waals surface area contributed by atoms with Crippen molar-refractivity contribution < 1.29 is 9.47 Å². The zero-order chi connectivity index (χ0) is 21.1. The third kappa shape index (κ3) is 8.13. The number of nitrogens with zero attached hydrogens (tertiary/aromatic N) is 2. The summed E-state index contributed by atoms with van der Waals surface area (Å²) < 4.78 is 10.7. The highest BCUT2D eigenvalue weighted by Gasteiger charge is 2.20. The second-order valence-electron chi connectivity index (χ2n) is 8.25. The third-order valence-electron chi connectivity index (χ3n) is 5.23. The molecular formula is C23H40N4O2. The Hall–Kier alpha value is -1.95. The summed E-state index contributed by atoms with van der Waals surface area (Å²) in [7, 11) is 3.33. The maximum absolute atomic E-state index is 5.40. The maximum Gasteiger partial charge on any atom is 0.191 e. The second kappa shape index (κ2) is 12.6. The van der Waals surface area contributed by atoms with Crippen molar-refractivity contribution in [3.05, 3.63) is 23.8 Å². The van der Waals surface area contributed by atoms with E-state index in [9.17, 15) is 0 Å². The first-order chi connectivity index (χ1) is 14.0. The SMILES string of the molecule is CCNC(=NCC1CCCN(CC(C)C)C1)NCCc1ccc(OC)c(OC)c1. The van der Waals surface area contributed by atoms with Crippen molar-refractivity contribution in [2.45, 2.75) is 40.0 Å². The van der Waals surface area contributed by atoms with Crippen molar-refractivity contribution in [1.29, 1.82) is 0 Å². The van der Waals surface area contributed by atoms with E-state index >= 15 is 0 Å². The first-order valence-electron chi connectivity index (χ1n) is 11.0. The molecule has 2 N–H and O–H groups in total. The lowest BCUT2D eigenvalue weighted by Gasteiger charge is -2.33. The summed E-state index contributed by atoms with van der Waals surface area (Å²) in [4.78, 5) is 7.47. The average Bonchev–Trinajstić information content (AvgIpc) is 2.71. The Morgan fingerprint density at radius 3 is 2.69 bits per heavy atom. The number of likely N-dealkylation sites (tertiary alicyclic amines) is 1. The Labute approximate surface area is 177 Å². The Morgan fingerprint density at radius 1 is 1.21 bits per heavy atom. The van der Waals surface area contributed by atoms with Crippen LogP contribution < -0.4 is 20.1 Å². The third-order valence-corrected chi connectivity index (χ3v) is 5.23. The van der Waals surface area contributed by atoms with E-state index in [4.69, 9.17) is 14.5 Å². The highest BCUT2D eigenvalue weighted by molar-refractivity contribution is 5.79. The number of guanidine groups is 1. The number of rotatable bonds is 10. The molecule has 6 nitrogen and oxygen atoms in total. The molecule has 0 aromatic heterocycles. The minimum atomic E-state index is 0.656. The van der Waals surface area contributed by atoms with Gasteiger partial charge in [0, 0.05) is 32.7 Å². The zero-order valence-corrected chi connectivity index (χ0v) is 19.0. The lowest BCUT2D eigenvalue weighted by molar-refractivity contribution is 0.162. The molecule has 6 heteroatoms. The summed E-state index contributed by atoms with van der Waals surface area (Å²) in [5, 5.41) is 6.84. The summed E-state index contributed by atoms with van der Waals surface area (Å²) in [6.45, 7) is 12.9. The summed E-state index contributed by atoms with van der Waals surface area (Å²) in [6.07, 6.45) is 3.47. The lowest BCUT2D eigenvalue weighted by atomic mass is 9.97. The fourth-order valence-electron chi connectivity index (χ4n) is 3.91. The molecule has 1 saturated heterocycles. The first-order valence-corrected chi connectivity index (χ1v) is 11.0. The van der Waals surface area contributed by atoms with Crippen molar-refractivity contribution in [3.8, 4) is 11.5 Å². The molecule has 0 spiro atoms. The van der Waals surface area contributed by atoms with Crippen LogP contribution in [0, 0.1) is 11.8 Å². The van der Waals surface area contributed by atoms with Crippen molar-refractivity contribution >= 4 is 5.96 Å². The van der Waals surface area contributed by atoms with Gasteiger partial charge in [-0.25, -0.2) is 0 Å². The van der Waals surface area contributed by atoms with Crippen molar-refractivity contribution in [3.63, 3.8) is 0 Å². The van der Waals surface area contributed by atoms with Crippen molar-refractivity contribution in [2.75, 3.05) is 53.5 Å². The number of methoxy groups -OCH3 is 2. The van der Waals surface area contributed by atoms with Gasteiger partial charge in [0.15, 0.2) is 17.5 Å². The molecule has 1 unspecified atom stereocenters. The summed E-state index contributed by atoms with van der Waals surface area (Å²) in [6, 6.07) is 6.08. The Morgan fingerprint density at radius 2 is 2.00 bits per heavy atom. The standard InChI is InChI=1S/C23H40N4O2/c1-6-24-23(26-15-20-8-7-13-27(17-20)16-18(2)3)25-12-11-19-9-10-21(28-4)22(14-19)29-5/h9-10,14,18,20H,6-8,11-13,15-17H2,1-5H3,(H2,24,25,26). The number of ether oxygens (including phenoxy) is 2. The predicted molar refractivity (Wildman–Crippen MR) is 121 cm³/mol. The van der Waals surface area contributed by atoms with Crippen LogP contribution in [0.3, 0.4) is 0 Å². The highest BCUT2D eigenvalue weighted by atomic mass is 16.5. The van der Waals surface area contributed by atoms with Gasteiger partial charge in [-0.05, 0) is 62.3 Å². The van der Waals surface area contributed by atoms with Crippen molar-refractivity contribution in [1.82, 2.24) is 15.5 Å². The number of hydrogen-bond acceptors (Lipinski definition) is 4. The van der Waals surface area contributed by atoms with Crippen LogP contribution in [0.1, 0.15) is 39.2 Å². The molecule has 1 fully saturated rings. The van der Waals surface area contributed by atoms with Gasteiger partial charge in [0.1, 0.15) is 0 Å². The van der Waals surface area contributed by atoms with Gasteiger partial charge in [-0.15, -0.1) is 0 Å². The van der Waals surface area contributed by atoms with E-state index in [0.717, 1.165) is 49.4 Å². The topological polar surface area (TPSA) is 58.1 Å². The fourth-order valence-corrected chi connectivity index (χ4v) is 3.91. The van der Waals surface area contributed by atoms with Gasteiger partial charge in [0.25, 0.3) is 0 Å². The lowest BCUT2D eigenvalue weighted by Crippen LogP contribution is -2.41. The first kappa shape index (κ1) is 23.3. The van der Waals surface area contributed by atoms with Gasteiger partial charge in [0.05, 0.1) is 14.2 Å². The smallest absolute Gasteiger partial charge is 0.191 e. The van der Waals surface area contributed by atoms with Crippen LogP contribution in [-0.4, -0.2) is 64.3 Å². The van der Waals surface area contributed by atoms with Crippen LogP contribution in [0.15, 0.2) is 23.2 Å². The van der Waals surface area contributed by atoms with Crippen LogP contribution in [0.4, 0.5) is 0 Å². The molecule has 29 heavy (non-hydrogen) atoms. The van der Waals surface area contributed by atoms with E-state index in [1.54, 1.807) is 14.2 Å². The fraction of sp³-hybridized carbons (Fsp3) is 0.696. The van der Waals surface area contributed by atoms with Crippen molar-refractivity contribution in [2.24, 2.45) is 16.8 Å². The number of aliphatic imine (C=N–C) groups is 1. The predicted octanol–water partition coefficient (Wildman–Crippen LogP) is 3.17. The molecule has 0 saturated carbocycles. The molecule has 164 valence electrons. The van der Waals surface area contributed by atoms with E-state index in [1.165, 1.54) is 38.0 Å². The van der Waals surface area contributed by atoms with E-state index in [1.807, 2.05) is 12.1 Å². The molecule has 0 radical (unpaired) electrons. The summed E-state index contributed by atoms with van der Waals surface area (Å²) in [5.41, 5.74) is 1.21. The minimum absolute atomic E-state index is 0.656. The quantitative estimate of drug-likeness (QED) is 0.463. The molecule has 0 bridgehead atoms. The molecule has 1 aliphatic heterocycles. The number of piperidine rings is 1. The number of hydrogen-bond donors (Lipinski definition) is 2. The van der Waals surface area contributed by atoms with Gasteiger partial charge in [-0.1, -0.05) is 19.9 Å². The molecule has 1 heterocycles. The van der Waals surface area contributed by atoms with E-state index in [2.05, 4.69) is 42.4 Å². The van der Waals surface area contributed by atoms with Gasteiger partial charge >= 0.3 is 0 Å². The maximum atomic E-state index is 5.40. The van der Waals surface area contributed by atoms with E-state index in [-0.39, 0.29) is 0 Å².